The van der Waals surface area contributed by atoms with Crippen LogP contribution in [0.2, 0.25) is 0 Å². The maximum atomic E-state index is 11.9. The molecule has 1 aliphatic heterocycles. The van der Waals surface area contributed by atoms with E-state index in [9.17, 15) is 9.59 Å². The number of amides is 1. The molecule has 5 heteroatoms. The molecule has 1 saturated heterocycles. The Kier molecular flexibility index (Phi) is 8.07. The zero-order valence-electron chi connectivity index (χ0n) is 12.7. The SMILES string of the molecule is CCCCCCOC(=O)C1CCN(C(=O)OCC)CC1. The van der Waals surface area contributed by atoms with Crippen molar-refractivity contribution in [3.63, 3.8) is 0 Å². The first-order valence-electron chi connectivity index (χ1n) is 7.77. The molecule has 0 aliphatic carbocycles. The summed E-state index contributed by atoms with van der Waals surface area (Å²) in [6.45, 7) is 6.02. The van der Waals surface area contributed by atoms with E-state index in [1.165, 1.54) is 12.8 Å². The predicted molar refractivity (Wildman–Crippen MR) is 76.4 cm³/mol. The van der Waals surface area contributed by atoms with Gasteiger partial charge in [-0.1, -0.05) is 26.2 Å². The Hall–Kier alpha value is -1.26. The first-order valence-corrected chi connectivity index (χ1v) is 7.77. The highest BCUT2D eigenvalue weighted by molar-refractivity contribution is 5.73. The number of ether oxygens (including phenoxy) is 2. The lowest BCUT2D eigenvalue weighted by Crippen LogP contribution is -2.41. The number of rotatable bonds is 7. The molecule has 0 aromatic heterocycles. The van der Waals surface area contributed by atoms with Gasteiger partial charge in [-0.15, -0.1) is 0 Å². The molecule has 1 heterocycles. The smallest absolute Gasteiger partial charge is 0.409 e. The van der Waals surface area contributed by atoms with E-state index in [1.54, 1.807) is 11.8 Å². The monoisotopic (exact) mass is 285 g/mol. The van der Waals surface area contributed by atoms with E-state index in [0.717, 1.165) is 12.8 Å². The van der Waals surface area contributed by atoms with Gasteiger partial charge in [-0.25, -0.2) is 4.79 Å². The highest BCUT2D eigenvalue weighted by atomic mass is 16.6. The second kappa shape index (κ2) is 9.61. The van der Waals surface area contributed by atoms with Gasteiger partial charge in [0, 0.05) is 13.1 Å². The minimum atomic E-state index is -0.279. The molecule has 0 spiro atoms. The van der Waals surface area contributed by atoms with Gasteiger partial charge in [-0.05, 0) is 26.2 Å². The lowest BCUT2D eigenvalue weighted by atomic mass is 9.97. The van der Waals surface area contributed by atoms with Crippen molar-refractivity contribution in [2.24, 2.45) is 5.92 Å². The fraction of sp³-hybridized carbons (Fsp3) is 0.867. The lowest BCUT2D eigenvalue weighted by molar-refractivity contribution is -0.150. The van der Waals surface area contributed by atoms with Gasteiger partial charge < -0.3 is 14.4 Å². The quantitative estimate of drug-likeness (QED) is 0.533. The summed E-state index contributed by atoms with van der Waals surface area (Å²) in [5, 5.41) is 0. The maximum Gasteiger partial charge on any atom is 0.409 e. The summed E-state index contributed by atoms with van der Waals surface area (Å²) in [5.41, 5.74) is 0. The zero-order valence-corrected chi connectivity index (χ0v) is 12.7. The second-order valence-electron chi connectivity index (χ2n) is 5.19. The zero-order chi connectivity index (χ0) is 14.8. The van der Waals surface area contributed by atoms with Crippen LogP contribution < -0.4 is 0 Å². The first-order chi connectivity index (χ1) is 9.69. The second-order valence-corrected chi connectivity index (χ2v) is 5.19. The fourth-order valence-electron chi connectivity index (χ4n) is 2.33. The van der Waals surface area contributed by atoms with Gasteiger partial charge in [0.05, 0.1) is 19.1 Å². The average molecular weight is 285 g/mol. The van der Waals surface area contributed by atoms with E-state index in [4.69, 9.17) is 9.47 Å². The Balaban J connectivity index is 2.17. The number of hydrogen-bond acceptors (Lipinski definition) is 4. The number of carbonyl (C=O) groups excluding carboxylic acids is 2. The van der Waals surface area contributed by atoms with Gasteiger partial charge >= 0.3 is 12.1 Å². The van der Waals surface area contributed by atoms with Gasteiger partial charge in [-0.3, -0.25) is 4.79 Å². The molecular weight excluding hydrogens is 258 g/mol. The van der Waals surface area contributed by atoms with Crippen LogP contribution in [0.3, 0.4) is 0 Å². The highest BCUT2D eigenvalue weighted by Gasteiger charge is 2.28. The van der Waals surface area contributed by atoms with Crippen molar-refractivity contribution >= 4 is 12.1 Å². The van der Waals surface area contributed by atoms with Crippen molar-refractivity contribution in [3.8, 4) is 0 Å². The Morgan fingerprint density at radius 1 is 1.05 bits per heavy atom. The fourth-order valence-corrected chi connectivity index (χ4v) is 2.33. The molecule has 1 aliphatic rings. The van der Waals surface area contributed by atoms with E-state index in [2.05, 4.69) is 6.92 Å². The minimum absolute atomic E-state index is 0.0631. The van der Waals surface area contributed by atoms with Crippen LogP contribution in [0.25, 0.3) is 0 Å². The summed E-state index contributed by atoms with van der Waals surface area (Å²) in [6.07, 6.45) is 5.50. The third-order valence-electron chi connectivity index (χ3n) is 3.60. The topological polar surface area (TPSA) is 55.8 Å². The van der Waals surface area contributed by atoms with Gasteiger partial charge in [0.25, 0.3) is 0 Å². The first kappa shape index (κ1) is 16.8. The normalized spacial score (nSPS) is 16.0. The Bertz CT molecular complexity index is 298. The number of unbranched alkanes of at least 4 members (excludes halogenated alkanes) is 3. The number of hydrogen-bond donors (Lipinski definition) is 0. The summed E-state index contributed by atoms with van der Waals surface area (Å²) in [7, 11) is 0. The molecule has 0 atom stereocenters. The molecule has 0 radical (unpaired) electrons. The molecule has 1 rings (SSSR count). The minimum Gasteiger partial charge on any atom is -0.465 e. The van der Waals surface area contributed by atoms with Crippen LogP contribution in [-0.4, -0.2) is 43.3 Å². The van der Waals surface area contributed by atoms with Crippen molar-refractivity contribution in [1.82, 2.24) is 4.90 Å². The van der Waals surface area contributed by atoms with Crippen LogP contribution in [0.15, 0.2) is 0 Å². The maximum absolute atomic E-state index is 11.9. The molecule has 0 aromatic rings. The van der Waals surface area contributed by atoms with Crippen LogP contribution in [-0.2, 0) is 14.3 Å². The molecule has 20 heavy (non-hydrogen) atoms. The third kappa shape index (κ3) is 5.80. The Morgan fingerprint density at radius 2 is 1.75 bits per heavy atom. The van der Waals surface area contributed by atoms with Gasteiger partial charge in [0.1, 0.15) is 0 Å². The largest absolute Gasteiger partial charge is 0.465 e. The highest BCUT2D eigenvalue weighted by Crippen LogP contribution is 2.19. The third-order valence-corrected chi connectivity index (χ3v) is 3.60. The van der Waals surface area contributed by atoms with Gasteiger partial charge in [0.15, 0.2) is 0 Å². The van der Waals surface area contributed by atoms with Crippen LogP contribution in [0.5, 0.6) is 0 Å². The molecule has 1 fully saturated rings. The van der Waals surface area contributed by atoms with E-state index in [-0.39, 0.29) is 18.0 Å². The van der Waals surface area contributed by atoms with Gasteiger partial charge in [0.2, 0.25) is 0 Å². The van der Waals surface area contributed by atoms with Crippen molar-refractivity contribution in [2.45, 2.75) is 52.4 Å². The number of carbonyl (C=O) groups is 2. The summed E-state index contributed by atoms with van der Waals surface area (Å²) < 4.78 is 10.2. The number of likely N-dealkylation sites (tertiary alicyclic amines) is 1. The lowest BCUT2D eigenvalue weighted by Gasteiger charge is -2.30. The van der Waals surface area contributed by atoms with E-state index < -0.39 is 0 Å². The predicted octanol–water partition coefficient (Wildman–Crippen LogP) is 2.98. The Labute approximate surface area is 121 Å². The average Bonchev–Trinajstić information content (AvgIpc) is 2.47. The molecule has 1 amide bonds. The van der Waals surface area contributed by atoms with Crippen molar-refractivity contribution < 1.29 is 19.1 Å². The Morgan fingerprint density at radius 3 is 2.35 bits per heavy atom. The van der Waals surface area contributed by atoms with E-state index in [0.29, 0.717) is 39.1 Å². The molecule has 0 unspecified atom stereocenters. The summed E-state index contributed by atoms with van der Waals surface area (Å²) in [6, 6.07) is 0. The number of esters is 1. The molecule has 0 aromatic carbocycles. The van der Waals surface area contributed by atoms with Crippen molar-refractivity contribution in [3.05, 3.63) is 0 Å². The van der Waals surface area contributed by atoms with Crippen LogP contribution >= 0.6 is 0 Å². The summed E-state index contributed by atoms with van der Waals surface area (Å²) in [4.78, 5) is 25.1. The summed E-state index contributed by atoms with van der Waals surface area (Å²) >= 11 is 0. The number of piperidine rings is 1. The standard InChI is InChI=1S/C15H27NO4/c1-3-5-6-7-12-20-14(17)13-8-10-16(11-9-13)15(18)19-4-2/h13H,3-12H2,1-2H3. The van der Waals surface area contributed by atoms with Crippen LogP contribution in [0.4, 0.5) is 4.79 Å². The van der Waals surface area contributed by atoms with Gasteiger partial charge in [-0.2, -0.15) is 0 Å². The van der Waals surface area contributed by atoms with Crippen molar-refractivity contribution in [2.75, 3.05) is 26.3 Å². The molecule has 0 saturated carbocycles. The molecule has 0 N–H and O–H groups in total. The molecular formula is C15H27NO4. The van der Waals surface area contributed by atoms with Crippen LogP contribution in [0.1, 0.15) is 52.4 Å². The van der Waals surface area contributed by atoms with Crippen LogP contribution in [0, 0.1) is 5.92 Å². The molecule has 0 bridgehead atoms. The van der Waals surface area contributed by atoms with E-state index >= 15 is 0 Å². The number of nitrogens with zero attached hydrogens (tertiary/aromatic N) is 1. The van der Waals surface area contributed by atoms with Crippen molar-refractivity contribution in [1.29, 1.82) is 0 Å². The molecule has 116 valence electrons. The van der Waals surface area contributed by atoms with E-state index in [1.807, 2.05) is 0 Å². The summed E-state index contributed by atoms with van der Waals surface area (Å²) in [5.74, 6) is -0.170. The molecule has 5 nitrogen and oxygen atoms in total.